The zero-order valence-electron chi connectivity index (χ0n) is 10.7. The van der Waals surface area contributed by atoms with Crippen LogP contribution < -0.4 is 0 Å². The smallest absolute Gasteiger partial charge is 0.101 e. The number of benzene rings is 1. The monoisotopic (exact) mass is 224 g/mol. The number of aromatic nitrogens is 1. The van der Waals surface area contributed by atoms with Gasteiger partial charge in [-0.2, -0.15) is 5.26 Å². The molecule has 1 heterocycles. The van der Waals surface area contributed by atoms with Crippen molar-refractivity contribution in [3.63, 3.8) is 0 Å². The van der Waals surface area contributed by atoms with Crippen LogP contribution in [0.3, 0.4) is 0 Å². The Balaban J connectivity index is 2.61. The van der Waals surface area contributed by atoms with Gasteiger partial charge in [-0.15, -0.1) is 0 Å². The summed E-state index contributed by atoms with van der Waals surface area (Å²) in [5.41, 5.74) is 6.60. The van der Waals surface area contributed by atoms with Crippen LogP contribution in [0, 0.1) is 32.1 Å². The third-order valence-electron chi connectivity index (χ3n) is 3.46. The Hall–Kier alpha value is -2.01. The van der Waals surface area contributed by atoms with Crippen LogP contribution in [0.5, 0.6) is 0 Å². The Labute approximate surface area is 102 Å². The van der Waals surface area contributed by atoms with Gasteiger partial charge in [-0.1, -0.05) is 12.1 Å². The van der Waals surface area contributed by atoms with Gasteiger partial charge >= 0.3 is 0 Å². The van der Waals surface area contributed by atoms with E-state index in [9.17, 15) is 0 Å². The van der Waals surface area contributed by atoms with Gasteiger partial charge < -0.3 is 4.57 Å². The lowest BCUT2D eigenvalue weighted by atomic mass is 10.0. The summed E-state index contributed by atoms with van der Waals surface area (Å²) in [6, 6.07) is 10.6. The molecule has 0 saturated heterocycles. The van der Waals surface area contributed by atoms with E-state index in [4.69, 9.17) is 5.26 Å². The second-order valence-electron chi connectivity index (χ2n) is 4.50. The molecule has 0 fully saturated rings. The van der Waals surface area contributed by atoms with Crippen molar-refractivity contribution >= 4 is 0 Å². The highest BCUT2D eigenvalue weighted by Crippen LogP contribution is 2.26. The molecule has 0 spiro atoms. The van der Waals surface area contributed by atoms with Crippen molar-refractivity contribution in [2.24, 2.45) is 7.05 Å². The summed E-state index contributed by atoms with van der Waals surface area (Å²) in [6.45, 7) is 6.19. The van der Waals surface area contributed by atoms with Crippen LogP contribution in [0.4, 0.5) is 0 Å². The first-order valence-electron chi connectivity index (χ1n) is 5.68. The molecule has 0 N–H and O–H groups in total. The van der Waals surface area contributed by atoms with Gasteiger partial charge in [0.1, 0.15) is 6.07 Å². The van der Waals surface area contributed by atoms with Crippen molar-refractivity contribution < 1.29 is 0 Å². The van der Waals surface area contributed by atoms with Crippen LogP contribution in [0.15, 0.2) is 24.3 Å². The van der Waals surface area contributed by atoms with Crippen molar-refractivity contribution in [2.45, 2.75) is 20.8 Å². The van der Waals surface area contributed by atoms with Crippen LogP contribution in [0.1, 0.15) is 22.4 Å². The van der Waals surface area contributed by atoms with E-state index in [2.05, 4.69) is 42.7 Å². The molecule has 0 amide bonds. The molecule has 0 unspecified atom stereocenters. The summed E-state index contributed by atoms with van der Waals surface area (Å²) in [5.74, 6) is 0. The molecule has 86 valence electrons. The molecule has 1 aromatic heterocycles. The van der Waals surface area contributed by atoms with Crippen LogP contribution in [-0.2, 0) is 7.05 Å². The van der Waals surface area contributed by atoms with Crippen molar-refractivity contribution in [1.29, 1.82) is 5.26 Å². The minimum absolute atomic E-state index is 0.751. The third-order valence-corrected chi connectivity index (χ3v) is 3.46. The zero-order valence-corrected chi connectivity index (χ0v) is 10.7. The minimum atomic E-state index is 0.751. The van der Waals surface area contributed by atoms with Gasteiger partial charge in [0.2, 0.25) is 0 Å². The number of nitriles is 1. The fourth-order valence-corrected chi connectivity index (χ4v) is 1.99. The average Bonchev–Trinajstić information content (AvgIpc) is 2.60. The fraction of sp³-hybridized carbons (Fsp3) is 0.267. The normalized spacial score (nSPS) is 10.3. The zero-order chi connectivity index (χ0) is 12.6. The number of hydrogen-bond acceptors (Lipinski definition) is 1. The highest BCUT2D eigenvalue weighted by Gasteiger charge is 2.10. The summed E-state index contributed by atoms with van der Waals surface area (Å²) < 4.78 is 2.07. The second kappa shape index (κ2) is 4.10. The summed E-state index contributed by atoms with van der Waals surface area (Å²) in [5, 5.41) is 9.04. The first-order valence-corrected chi connectivity index (χ1v) is 5.68. The summed E-state index contributed by atoms with van der Waals surface area (Å²) in [7, 11) is 2.00. The minimum Gasteiger partial charge on any atom is -0.347 e. The van der Waals surface area contributed by atoms with Crippen molar-refractivity contribution in [1.82, 2.24) is 4.57 Å². The number of rotatable bonds is 1. The average molecular weight is 224 g/mol. The van der Waals surface area contributed by atoms with Crippen molar-refractivity contribution in [3.8, 4) is 17.3 Å². The van der Waals surface area contributed by atoms with Gasteiger partial charge in [-0.3, -0.25) is 0 Å². The molecule has 2 rings (SSSR count). The highest BCUT2D eigenvalue weighted by molar-refractivity contribution is 5.65. The lowest BCUT2D eigenvalue weighted by Crippen LogP contribution is -1.95. The van der Waals surface area contributed by atoms with Gasteiger partial charge in [-0.25, -0.2) is 0 Å². The molecule has 2 heteroatoms. The summed E-state index contributed by atoms with van der Waals surface area (Å²) in [6.07, 6.45) is 0. The largest absolute Gasteiger partial charge is 0.347 e. The van der Waals surface area contributed by atoms with Crippen LogP contribution in [0.25, 0.3) is 11.3 Å². The van der Waals surface area contributed by atoms with Gasteiger partial charge in [0, 0.05) is 18.4 Å². The van der Waals surface area contributed by atoms with Crippen molar-refractivity contribution in [3.05, 3.63) is 46.6 Å². The Kier molecular flexibility index (Phi) is 2.77. The molecular formula is C15H16N2. The lowest BCUT2D eigenvalue weighted by Gasteiger charge is -2.07. The first kappa shape index (κ1) is 11.5. The number of hydrogen-bond donors (Lipinski definition) is 0. The summed E-state index contributed by atoms with van der Waals surface area (Å²) in [4.78, 5) is 0. The van der Waals surface area contributed by atoms with E-state index in [1.54, 1.807) is 0 Å². The maximum Gasteiger partial charge on any atom is 0.101 e. The molecular weight excluding hydrogens is 208 g/mol. The van der Waals surface area contributed by atoms with Crippen LogP contribution >= 0.6 is 0 Å². The van der Waals surface area contributed by atoms with Gasteiger partial charge in [0.25, 0.3) is 0 Å². The van der Waals surface area contributed by atoms with Crippen LogP contribution in [0.2, 0.25) is 0 Å². The molecule has 0 aliphatic heterocycles. The number of aryl methyl sites for hydroxylation is 2. The van der Waals surface area contributed by atoms with Gasteiger partial charge in [0.05, 0.1) is 5.56 Å². The van der Waals surface area contributed by atoms with E-state index in [0.717, 1.165) is 17.0 Å². The Morgan fingerprint density at radius 1 is 1.06 bits per heavy atom. The lowest BCUT2D eigenvalue weighted by molar-refractivity contribution is 0.888. The van der Waals surface area contributed by atoms with Gasteiger partial charge in [0.15, 0.2) is 0 Å². The maximum absolute atomic E-state index is 9.04. The van der Waals surface area contributed by atoms with Crippen molar-refractivity contribution in [2.75, 3.05) is 0 Å². The molecule has 2 aromatic rings. The molecule has 17 heavy (non-hydrogen) atoms. The molecule has 1 aromatic carbocycles. The summed E-state index contributed by atoms with van der Waals surface area (Å²) >= 11 is 0. The maximum atomic E-state index is 9.04. The molecule has 2 nitrogen and oxygen atoms in total. The standard InChI is InChI=1S/C15H16N2/c1-10-5-6-13(7-11(10)2)15-8-14(9-16)12(3)17(15)4/h5-8H,1-4H3. The van der Waals surface area contributed by atoms with E-state index in [1.807, 2.05) is 20.0 Å². The Morgan fingerprint density at radius 3 is 2.29 bits per heavy atom. The van der Waals surface area contributed by atoms with E-state index < -0.39 is 0 Å². The molecule has 0 radical (unpaired) electrons. The topological polar surface area (TPSA) is 28.7 Å². The molecule has 0 atom stereocenters. The predicted octanol–water partition coefficient (Wildman–Crippen LogP) is 3.49. The van der Waals surface area contributed by atoms with E-state index >= 15 is 0 Å². The highest BCUT2D eigenvalue weighted by atomic mass is 15.0. The van der Waals surface area contributed by atoms with E-state index in [0.29, 0.717) is 0 Å². The quantitative estimate of drug-likeness (QED) is 0.729. The Bertz CT molecular complexity index is 613. The van der Waals surface area contributed by atoms with Crippen LogP contribution in [-0.4, -0.2) is 4.57 Å². The fourth-order valence-electron chi connectivity index (χ4n) is 1.99. The van der Waals surface area contributed by atoms with E-state index in [1.165, 1.54) is 16.7 Å². The molecule has 0 aliphatic rings. The predicted molar refractivity (Wildman–Crippen MR) is 69.8 cm³/mol. The SMILES string of the molecule is Cc1ccc(-c2cc(C#N)c(C)n2C)cc1C. The van der Waals surface area contributed by atoms with Gasteiger partial charge in [-0.05, 0) is 49.6 Å². The molecule has 0 bridgehead atoms. The molecule has 0 saturated carbocycles. The van der Waals surface area contributed by atoms with E-state index in [-0.39, 0.29) is 0 Å². The first-order chi connectivity index (χ1) is 8.04. The molecule has 0 aliphatic carbocycles. The Morgan fingerprint density at radius 2 is 1.76 bits per heavy atom. The number of nitrogens with zero attached hydrogens (tertiary/aromatic N) is 2. The second-order valence-corrected chi connectivity index (χ2v) is 4.50. The third kappa shape index (κ3) is 1.85.